The van der Waals surface area contributed by atoms with Crippen molar-refractivity contribution in [1.82, 2.24) is 20.2 Å². The van der Waals surface area contributed by atoms with Crippen LogP contribution >= 0.6 is 11.6 Å². The number of nitrogens with zero attached hydrogens (tertiary/aromatic N) is 3. The highest BCUT2D eigenvalue weighted by Crippen LogP contribution is 2.30. The standard InChI is InChI=1S/C17H13ClF3N5O/c1-10-22-15(25-26(10)14-7-5-12(18)6-8-14)16(27)24-23-13-4-2-3-11(9-13)17(19,20)21/h2-9,23H,1H3,(H,24,27). The second kappa shape index (κ2) is 7.28. The summed E-state index contributed by atoms with van der Waals surface area (Å²) >= 11 is 5.85. The zero-order valence-corrected chi connectivity index (χ0v) is 14.6. The van der Waals surface area contributed by atoms with Gasteiger partial charge in [0.05, 0.1) is 16.9 Å². The SMILES string of the molecule is Cc1nc(C(=O)NNc2cccc(C(F)(F)F)c2)nn1-c1ccc(Cl)cc1. The molecule has 0 aliphatic carbocycles. The molecule has 0 fully saturated rings. The lowest BCUT2D eigenvalue weighted by Gasteiger charge is -2.10. The van der Waals surface area contributed by atoms with Crippen molar-refractivity contribution >= 4 is 23.2 Å². The van der Waals surface area contributed by atoms with E-state index in [1.165, 1.54) is 16.8 Å². The molecule has 1 aromatic heterocycles. The highest BCUT2D eigenvalue weighted by molar-refractivity contribution is 6.30. The first kappa shape index (κ1) is 18.7. The van der Waals surface area contributed by atoms with Gasteiger partial charge in [-0.15, -0.1) is 5.10 Å². The molecule has 0 aliphatic heterocycles. The van der Waals surface area contributed by atoms with Gasteiger partial charge in [0.25, 0.3) is 0 Å². The predicted molar refractivity (Wildman–Crippen MR) is 93.6 cm³/mol. The van der Waals surface area contributed by atoms with Gasteiger partial charge >= 0.3 is 12.1 Å². The molecule has 10 heteroatoms. The van der Waals surface area contributed by atoms with E-state index < -0.39 is 17.6 Å². The van der Waals surface area contributed by atoms with Crippen molar-refractivity contribution in [3.63, 3.8) is 0 Å². The van der Waals surface area contributed by atoms with Gasteiger partial charge < -0.3 is 0 Å². The molecule has 6 nitrogen and oxygen atoms in total. The topological polar surface area (TPSA) is 71.8 Å². The van der Waals surface area contributed by atoms with E-state index in [0.29, 0.717) is 16.5 Å². The number of hydrogen-bond acceptors (Lipinski definition) is 4. The molecule has 3 rings (SSSR count). The third-order valence-corrected chi connectivity index (χ3v) is 3.81. The van der Waals surface area contributed by atoms with Gasteiger partial charge in [-0.1, -0.05) is 17.7 Å². The molecule has 3 aromatic rings. The Morgan fingerprint density at radius 3 is 2.52 bits per heavy atom. The average Bonchev–Trinajstić information content (AvgIpc) is 3.02. The number of hydrogen-bond donors (Lipinski definition) is 2. The minimum Gasteiger partial charge on any atom is -0.298 e. The monoisotopic (exact) mass is 395 g/mol. The average molecular weight is 396 g/mol. The fourth-order valence-corrected chi connectivity index (χ4v) is 2.40. The van der Waals surface area contributed by atoms with E-state index in [1.54, 1.807) is 31.2 Å². The molecule has 0 saturated carbocycles. The van der Waals surface area contributed by atoms with Crippen molar-refractivity contribution in [3.05, 3.63) is 70.8 Å². The van der Waals surface area contributed by atoms with E-state index in [4.69, 9.17) is 11.6 Å². The Hall–Kier alpha value is -3.07. The Bertz CT molecular complexity index is 969. The normalized spacial score (nSPS) is 11.3. The van der Waals surface area contributed by atoms with Crippen LogP contribution in [0.1, 0.15) is 22.0 Å². The van der Waals surface area contributed by atoms with Gasteiger partial charge in [0.15, 0.2) is 0 Å². The summed E-state index contributed by atoms with van der Waals surface area (Å²) in [6, 6.07) is 11.2. The number of carbonyl (C=O) groups is 1. The lowest BCUT2D eigenvalue weighted by atomic mass is 10.2. The Morgan fingerprint density at radius 1 is 1.15 bits per heavy atom. The molecule has 0 spiro atoms. The van der Waals surface area contributed by atoms with E-state index >= 15 is 0 Å². The summed E-state index contributed by atoms with van der Waals surface area (Å²) in [6.07, 6.45) is -4.47. The van der Waals surface area contributed by atoms with E-state index in [-0.39, 0.29) is 11.5 Å². The van der Waals surface area contributed by atoms with Gasteiger partial charge in [-0.25, -0.2) is 9.67 Å². The predicted octanol–water partition coefficient (Wildman–Crippen LogP) is 4.00. The number of nitrogens with one attached hydrogen (secondary N) is 2. The molecule has 2 N–H and O–H groups in total. The second-order valence-electron chi connectivity index (χ2n) is 5.53. The van der Waals surface area contributed by atoms with Crippen LogP contribution in [0.3, 0.4) is 0 Å². The van der Waals surface area contributed by atoms with Crippen molar-refractivity contribution in [2.24, 2.45) is 0 Å². The van der Waals surface area contributed by atoms with Crippen molar-refractivity contribution in [2.75, 3.05) is 5.43 Å². The summed E-state index contributed by atoms with van der Waals surface area (Å²) in [5, 5.41) is 4.66. The maximum Gasteiger partial charge on any atom is 0.416 e. The Labute approximate surface area is 156 Å². The maximum absolute atomic E-state index is 12.7. The van der Waals surface area contributed by atoms with Crippen molar-refractivity contribution in [2.45, 2.75) is 13.1 Å². The van der Waals surface area contributed by atoms with Gasteiger partial charge in [0.1, 0.15) is 5.82 Å². The summed E-state index contributed by atoms with van der Waals surface area (Å²) in [4.78, 5) is 16.3. The Kier molecular flexibility index (Phi) is 5.04. The molecular formula is C17H13ClF3N5O. The number of anilines is 1. The number of halogens is 4. The van der Waals surface area contributed by atoms with Gasteiger partial charge in [0, 0.05) is 5.02 Å². The fourth-order valence-electron chi connectivity index (χ4n) is 2.27. The van der Waals surface area contributed by atoms with Crippen LogP contribution in [0.5, 0.6) is 0 Å². The summed E-state index contributed by atoms with van der Waals surface area (Å²) in [5.41, 5.74) is 4.61. The van der Waals surface area contributed by atoms with Crippen LogP contribution in [0, 0.1) is 6.92 Å². The third-order valence-electron chi connectivity index (χ3n) is 3.55. The Balaban J connectivity index is 1.72. The number of alkyl halides is 3. The van der Waals surface area contributed by atoms with Crippen LogP contribution in [0.25, 0.3) is 5.69 Å². The second-order valence-corrected chi connectivity index (χ2v) is 5.96. The number of benzene rings is 2. The van der Waals surface area contributed by atoms with Crippen LogP contribution in [0.2, 0.25) is 5.02 Å². The molecule has 0 bridgehead atoms. The highest BCUT2D eigenvalue weighted by atomic mass is 35.5. The fraction of sp³-hybridized carbons (Fsp3) is 0.118. The summed E-state index contributed by atoms with van der Waals surface area (Å²) in [6.45, 7) is 1.67. The number of aromatic nitrogens is 3. The molecule has 1 amide bonds. The number of amides is 1. The molecule has 0 unspecified atom stereocenters. The molecule has 0 saturated heterocycles. The highest BCUT2D eigenvalue weighted by Gasteiger charge is 2.30. The van der Waals surface area contributed by atoms with Gasteiger partial charge in [-0.05, 0) is 49.4 Å². The van der Waals surface area contributed by atoms with Gasteiger partial charge in [-0.2, -0.15) is 13.2 Å². The zero-order chi connectivity index (χ0) is 19.6. The number of carbonyl (C=O) groups excluding carboxylic acids is 1. The third kappa shape index (κ3) is 4.37. The number of rotatable bonds is 4. The minimum absolute atomic E-state index is 0.0760. The molecular weight excluding hydrogens is 383 g/mol. The van der Waals surface area contributed by atoms with Crippen molar-refractivity contribution in [3.8, 4) is 5.69 Å². The maximum atomic E-state index is 12.7. The van der Waals surface area contributed by atoms with Crippen molar-refractivity contribution < 1.29 is 18.0 Å². The van der Waals surface area contributed by atoms with Crippen LogP contribution in [-0.4, -0.2) is 20.7 Å². The molecule has 2 aromatic carbocycles. The molecule has 0 atom stereocenters. The quantitative estimate of drug-likeness (QED) is 0.655. The zero-order valence-electron chi connectivity index (χ0n) is 13.9. The van der Waals surface area contributed by atoms with E-state index in [2.05, 4.69) is 20.9 Å². The molecule has 0 aliphatic rings. The van der Waals surface area contributed by atoms with Crippen LogP contribution < -0.4 is 10.9 Å². The van der Waals surface area contributed by atoms with Crippen molar-refractivity contribution in [1.29, 1.82) is 0 Å². The number of aryl methyl sites for hydroxylation is 1. The van der Waals surface area contributed by atoms with Crippen LogP contribution in [0.4, 0.5) is 18.9 Å². The summed E-state index contributed by atoms with van der Waals surface area (Å²) in [5.74, 6) is -0.369. The van der Waals surface area contributed by atoms with Crippen LogP contribution in [-0.2, 0) is 6.18 Å². The van der Waals surface area contributed by atoms with E-state index in [9.17, 15) is 18.0 Å². The molecule has 0 radical (unpaired) electrons. The van der Waals surface area contributed by atoms with E-state index in [1.807, 2.05) is 0 Å². The summed E-state index contributed by atoms with van der Waals surface area (Å²) < 4.78 is 39.6. The first-order chi connectivity index (χ1) is 12.7. The lowest BCUT2D eigenvalue weighted by Crippen LogP contribution is -2.30. The van der Waals surface area contributed by atoms with Crippen LogP contribution in [0.15, 0.2) is 48.5 Å². The largest absolute Gasteiger partial charge is 0.416 e. The summed E-state index contributed by atoms with van der Waals surface area (Å²) in [7, 11) is 0. The van der Waals surface area contributed by atoms with Gasteiger partial charge in [-0.3, -0.25) is 15.6 Å². The Morgan fingerprint density at radius 2 is 1.85 bits per heavy atom. The first-order valence-corrected chi connectivity index (χ1v) is 8.05. The first-order valence-electron chi connectivity index (χ1n) is 7.67. The van der Waals surface area contributed by atoms with Gasteiger partial charge in [0.2, 0.25) is 5.82 Å². The molecule has 1 heterocycles. The minimum atomic E-state index is -4.47. The number of hydrazine groups is 1. The smallest absolute Gasteiger partial charge is 0.298 e. The lowest BCUT2D eigenvalue weighted by molar-refractivity contribution is -0.137. The molecule has 27 heavy (non-hydrogen) atoms. The van der Waals surface area contributed by atoms with E-state index in [0.717, 1.165) is 12.1 Å². The molecule has 140 valence electrons.